The SMILES string of the molecule is CCC(C)(C)Cn1cc(-c2ccc(C)nc2-c2ccc3cn[nH]c3c2)cn1. The third kappa shape index (κ3) is 3.50. The van der Waals surface area contributed by atoms with Gasteiger partial charge in [0.2, 0.25) is 0 Å². The molecule has 0 bridgehead atoms. The lowest BCUT2D eigenvalue weighted by molar-refractivity contribution is 0.280. The lowest BCUT2D eigenvalue weighted by Crippen LogP contribution is -2.18. The van der Waals surface area contributed by atoms with E-state index in [1.807, 2.05) is 24.0 Å². The van der Waals surface area contributed by atoms with Gasteiger partial charge in [-0.3, -0.25) is 14.8 Å². The Labute approximate surface area is 159 Å². The average Bonchev–Trinajstić information content (AvgIpc) is 3.30. The summed E-state index contributed by atoms with van der Waals surface area (Å²) in [5.41, 5.74) is 6.48. The fourth-order valence-corrected chi connectivity index (χ4v) is 3.23. The van der Waals surface area contributed by atoms with E-state index in [1.54, 1.807) is 0 Å². The fraction of sp³-hybridized carbons (Fsp3) is 0.318. The lowest BCUT2D eigenvalue weighted by Gasteiger charge is -2.22. The standard InChI is InChI=1S/C22H25N5/c1-5-22(3,4)14-27-13-18(12-24-27)19-9-6-15(2)25-21(19)16-7-8-17-11-23-26-20(17)10-16/h6-13H,5,14H2,1-4H3,(H,23,26). The van der Waals surface area contributed by atoms with Gasteiger partial charge >= 0.3 is 0 Å². The van der Waals surface area contributed by atoms with Gasteiger partial charge in [0.05, 0.1) is 23.6 Å². The summed E-state index contributed by atoms with van der Waals surface area (Å²) >= 11 is 0. The van der Waals surface area contributed by atoms with E-state index in [9.17, 15) is 0 Å². The first-order valence-electron chi connectivity index (χ1n) is 9.39. The number of hydrogen-bond donors (Lipinski definition) is 1. The van der Waals surface area contributed by atoms with Gasteiger partial charge in [-0.25, -0.2) is 0 Å². The number of pyridine rings is 1. The highest BCUT2D eigenvalue weighted by Crippen LogP contribution is 2.32. The van der Waals surface area contributed by atoms with Crippen LogP contribution in [0.1, 0.15) is 32.9 Å². The largest absolute Gasteiger partial charge is 0.278 e. The zero-order valence-corrected chi connectivity index (χ0v) is 16.3. The summed E-state index contributed by atoms with van der Waals surface area (Å²) in [7, 11) is 0. The van der Waals surface area contributed by atoms with Gasteiger partial charge in [0, 0.05) is 40.5 Å². The van der Waals surface area contributed by atoms with E-state index in [0.717, 1.165) is 51.9 Å². The van der Waals surface area contributed by atoms with Gasteiger partial charge in [0.1, 0.15) is 0 Å². The number of aromatic nitrogens is 5. The summed E-state index contributed by atoms with van der Waals surface area (Å²) in [6.07, 6.45) is 7.02. The first-order chi connectivity index (χ1) is 12.9. The van der Waals surface area contributed by atoms with E-state index < -0.39 is 0 Å². The van der Waals surface area contributed by atoms with Crippen LogP contribution in [-0.2, 0) is 6.54 Å². The van der Waals surface area contributed by atoms with Crippen molar-refractivity contribution in [3.05, 3.63) is 54.6 Å². The maximum Gasteiger partial charge on any atom is 0.0785 e. The minimum Gasteiger partial charge on any atom is -0.278 e. The van der Waals surface area contributed by atoms with Crippen molar-refractivity contribution in [3.63, 3.8) is 0 Å². The van der Waals surface area contributed by atoms with Crippen molar-refractivity contribution in [1.82, 2.24) is 25.0 Å². The molecule has 0 spiro atoms. The zero-order chi connectivity index (χ0) is 19.0. The number of hydrogen-bond acceptors (Lipinski definition) is 3. The second-order valence-corrected chi connectivity index (χ2v) is 7.97. The number of nitrogens with one attached hydrogen (secondary N) is 1. The van der Waals surface area contributed by atoms with Crippen LogP contribution in [0.4, 0.5) is 0 Å². The molecule has 1 N–H and O–H groups in total. The van der Waals surface area contributed by atoms with E-state index >= 15 is 0 Å². The molecule has 0 saturated heterocycles. The maximum absolute atomic E-state index is 4.84. The van der Waals surface area contributed by atoms with Crippen molar-refractivity contribution in [2.75, 3.05) is 0 Å². The minimum absolute atomic E-state index is 0.225. The van der Waals surface area contributed by atoms with E-state index in [4.69, 9.17) is 4.98 Å². The number of nitrogens with zero attached hydrogens (tertiary/aromatic N) is 4. The number of aromatic amines is 1. The number of H-pyrrole nitrogens is 1. The van der Waals surface area contributed by atoms with Crippen molar-refractivity contribution in [2.45, 2.75) is 40.7 Å². The summed E-state index contributed by atoms with van der Waals surface area (Å²) in [6.45, 7) is 9.69. The molecule has 3 aromatic heterocycles. The average molecular weight is 359 g/mol. The topological polar surface area (TPSA) is 59.4 Å². The van der Waals surface area contributed by atoms with Gasteiger partial charge in [-0.2, -0.15) is 10.2 Å². The minimum atomic E-state index is 0.225. The van der Waals surface area contributed by atoms with E-state index in [0.29, 0.717) is 0 Å². The van der Waals surface area contributed by atoms with Crippen molar-refractivity contribution < 1.29 is 0 Å². The Kier molecular flexibility index (Phi) is 4.30. The lowest BCUT2D eigenvalue weighted by atomic mass is 9.90. The molecule has 0 radical (unpaired) electrons. The Hall–Kier alpha value is -2.95. The van der Waals surface area contributed by atoms with Gasteiger partial charge in [0.25, 0.3) is 0 Å². The maximum atomic E-state index is 4.84. The van der Waals surface area contributed by atoms with Crippen LogP contribution >= 0.6 is 0 Å². The molecule has 27 heavy (non-hydrogen) atoms. The first kappa shape index (κ1) is 17.5. The molecule has 0 aliphatic heterocycles. The number of aryl methyl sites for hydroxylation is 1. The van der Waals surface area contributed by atoms with Crippen molar-refractivity contribution >= 4 is 10.9 Å². The second kappa shape index (κ2) is 6.65. The summed E-state index contributed by atoms with van der Waals surface area (Å²) in [5.74, 6) is 0. The smallest absolute Gasteiger partial charge is 0.0785 e. The quantitative estimate of drug-likeness (QED) is 0.530. The number of fused-ring (bicyclic) bond motifs is 1. The summed E-state index contributed by atoms with van der Waals surface area (Å²) < 4.78 is 2.04. The molecule has 138 valence electrons. The molecule has 5 heteroatoms. The zero-order valence-electron chi connectivity index (χ0n) is 16.3. The fourth-order valence-electron chi connectivity index (χ4n) is 3.23. The predicted octanol–water partition coefficient (Wildman–Crippen LogP) is 5.23. The molecule has 4 aromatic rings. The molecule has 3 heterocycles. The van der Waals surface area contributed by atoms with Crippen LogP contribution in [0.5, 0.6) is 0 Å². The van der Waals surface area contributed by atoms with Gasteiger partial charge < -0.3 is 0 Å². The number of benzene rings is 1. The first-order valence-corrected chi connectivity index (χ1v) is 9.39. The molecular weight excluding hydrogens is 334 g/mol. The number of rotatable bonds is 5. The Bertz CT molecular complexity index is 1090. The highest BCUT2D eigenvalue weighted by atomic mass is 15.3. The summed E-state index contributed by atoms with van der Waals surface area (Å²) in [4.78, 5) is 4.84. The van der Waals surface area contributed by atoms with Crippen LogP contribution in [0.3, 0.4) is 0 Å². The third-order valence-electron chi connectivity index (χ3n) is 5.24. The highest BCUT2D eigenvalue weighted by Gasteiger charge is 2.18. The summed E-state index contributed by atoms with van der Waals surface area (Å²) in [5, 5.41) is 12.9. The molecule has 0 unspecified atom stereocenters. The Morgan fingerprint density at radius 1 is 1.07 bits per heavy atom. The van der Waals surface area contributed by atoms with Crippen molar-refractivity contribution in [1.29, 1.82) is 0 Å². The van der Waals surface area contributed by atoms with Gasteiger partial charge in [-0.05, 0) is 30.9 Å². The van der Waals surface area contributed by atoms with Crippen LogP contribution in [-0.4, -0.2) is 25.0 Å². The third-order valence-corrected chi connectivity index (χ3v) is 5.24. The molecule has 0 amide bonds. The molecule has 1 aromatic carbocycles. The van der Waals surface area contributed by atoms with E-state index in [2.05, 4.69) is 72.6 Å². The monoisotopic (exact) mass is 359 g/mol. The normalized spacial score (nSPS) is 12.0. The van der Waals surface area contributed by atoms with Gasteiger partial charge in [-0.15, -0.1) is 0 Å². The molecular formula is C22H25N5. The molecule has 0 atom stereocenters. The Balaban J connectivity index is 1.77. The molecule has 0 fully saturated rings. The Morgan fingerprint density at radius 2 is 1.93 bits per heavy atom. The second-order valence-electron chi connectivity index (χ2n) is 7.97. The highest BCUT2D eigenvalue weighted by molar-refractivity contribution is 5.87. The van der Waals surface area contributed by atoms with Gasteiger partial charge in [0.15, 0.2) is 0 Å². The molecule has 5 nitrogen and oxygen atoms in total. The van der Waals surface area contributed by atoms with Crippen molar-refractivity contribution in [2.24, 2.45) is 5.41 Å². The van der Waals surface area contributed by atoms with E-state index in [-0.39, 0.29) is 5.41 Å². The van der Waals surface area contributed by atoms with Crippen molar-refractivity contribution in [3.8, 4) is 22.4 Å². The Morgan fingerprint density at radius 3 is 2.74 bits per heavy atom. The van der Waals surface area contributed by atoms with Crippen LogP contribution in [0.15, 0.2) is 48.9 Å². The van der Waals surface area contributed by atoms with Gasteiger partial charge in [-0.1, -0.05) is 39.0 Å². The van der Waals surface area contributed by atoms with Crippen LogP contribution in [0.25, 0.3) is 33.3 Å². The molecule has 0 saturated carbocycles. The molecule has 0 aliphatic carbocycles. The predicted molar refractivity (Wildman–Crippen MR) is 109 cm³/mol. The van der Waals surface area contributed by atoms with Crippen LogP contribution < -0.4 is 0 Å². The van der Waals surface area contributed by atoms with Crippen LogP contribution in [0.2, 0.25) is 0 Å². The van der Waals surface area contributed by atoms with E-state index in [1.165, 1.54) is 0 Å². The molecule has 4 rings (SSSR count). The summed E-state index contributed by atoms with van der Waals surface area (Å²) in [6, 6.07) is 10.5. The van der Waals surface area contributed by atoms with Crippen LogP contribution in [0, 0.1) is 12.3 Å². The molecule has 0 aliphatic rings.